The number of benzene rings is 3. The van der Waals surface area contributed by atoms with Crippen LogP contribution in [0.5, 0.6) is 0 Å². The Bertz CT molecular complexity index is 996. The van der Waals surface area contributed by atoms with Crippen molar-refractivity contribution >= 4 is 29.1 Å². The van der Waals surface area contributed by atoms with Crippen molar-refractivity contribution in [1.29, 1.82) is 5.26 Å². The molecule has 138 valence electrons. The van der Waals surface area contributed by atoms with E-state index in [9.17, 15) is 4.79 Å². The van der Waals surface area contributed by atoms with Gasteiger partial charge in [0.15, 0.2) is 0 Å². The van der Waals surface area contributed by atoms with Crippen LogP contribution in [0, 0.1) is 25.2 Å². The van der Waals surface area contributed by atoms with Crippen molar-refractivity contribution in [2.75, 3.05) is 4.90 Å². The second-order valence-electron chi connectivity index (χ2n) is 6.57. The molecule has 0 bridgehead atoms. The molecule has 1 N–H and O–H groups in total. The van der Waals surface area contributed by atoms with Gasteiger partial charge in [0.1, 0.15) is 11.6 Å². The molecule has 4 heteroatoms. The predicted octanol–water partition coefficient (Wildman–Crippen LogP) is 5.76. The Kier molecular flexibility index (Phi) is 5.57. The van der Waals surface area contributed by atoms with Gasteiger partial charge in [-0.25, -0.2) is 4.79 Å². The van der Waals surface area contributed by atoms with Gasteiger partial charge >= 0.3 is 5.97 Å². The van der Waals surface area contributed by atoms with Gasteiger partial charge in [-0.3, -0.25) is 0 Å². The molecular weight excluding hydrogens is 348 g/mol. The summed E-state index contributed by atoms with van der Waals surface area (Å²) in [5.41, 5.74) is 5.74. The molecule has 3 rings (SSSR count). The second kappa shape index (κ2) is 8.24. The maximum Gasteiger partial charge on any atom is 0.346 e. The Morgan fingerprint density at radius 1 is 0.821 bits per heavy atom. The van der Waals surface area contributed by atoms with Crippen LogP contribution < -0.4 is 4.90 Å². The van der Waals surface area contributed by atoms with Crippen molar-refractivity contribution < 1.29 is 9.90 Å². The first-order valence-electron chi connectivity index (χ1n) is 8.86. The Morgan fingerprint density at radius 3 is 1.57 bits per heavy atom. The number of nitrogens with zero attached hydrogens (tertiary/aromatic N) is 2. The normalized spacial score (nSPS) is 11.0. The fourth-order valence-corrected chi connectivity index (χ4v) is 2.86. The van der Waals surface area contributed by atoms with E-state index >= 15 is 0 Å². The summed E-state index contributed by atoms with van der Waals surface area (Å²) in [6.45, 7) is 4.10. The first-order chi connectivity index (χ1) is 13.5. The summed E-state index contributed by atoms with van der Waals surface area (Å²) in [4.78, 5) is 13.2. The molecule has 0 aliphatic rings. The van der Waals surface area contributed by atoms with Crippen molar-refractivity contribution in [2.45, 2.75) is 13.8 Å². The number of carboxylic acids is 1. The van der Waals surface area contributed by atoms with Gasteiger partial charge < -0.3 is 10.0 Å². The van der Waals surface area contributed by atoms with Crippen molar-refractivity contribution in [3.63, 3.8) is 0 Å². The molecule has 0 fully saturated rings. The average molecular weight is 368 g/mol. The summed E-state index contributed by atoms with van der Waals surface area (Å²) in [6, 6.07) is 25.7. The number of carboxylic acid groups (broad SMARTS) is 1. The van der Waals surface area contributed by atoms with Gasteiger partial charge in [0.05, 0.1) is 0 Å². The van der Waals surface area contributed by atoms with Gasteiger partial charge in [-0.1, -0.05) is 47.5 Å². The molecule has 3 aromatic carbocycles. The smallest absolute Gasteiger partial charge is 0.346 e. The number of anilines is 3. The van der Waals surface area contributed by atoms with E-state index in [4.69, 9.17) is 10.4 Å². The van der Waals surface area contributed by atoms with Gasteiger partial charge in [-0.2, -0.15) is 5.26 Å². The molecule has 3 aromatic rings. The fraction of sp³-hybridized carbons (Fsp3) is 0.0833. The van der Waals surface area contributed by atoms with Crippen LogP contribution in [-0.2, 0) is 4.79 Å². The van der Waals surface area contributed by atoms with E-state index in [0.717, 1.165) is 17.1 Å². The van der Waals surface area contributed by atoms with E-state index < -0.39 is 5.97 Å². The Labute approximate surface area is 164 Å². The highest BCUT2D eigenvalue weighted by molar-refractivity contribution is 5.96. The summed E-state index contributed by atoms with van der Waals surface area (Å²) in [6.07, 6.45) is 1.37. The number of hydrogen-bond acceptors (Lipinski definition) is 3. The third-order valence-electron chi connectivity index (χ3n) is 4.40. The lowest BCUT2D eigenvalue weighted by Crippen LogP contribution is -2.09. The van der Waals surface area contributed by atoms with E-state index in [-0.39, 0.29) is 5.57 Å². The van der Waals surface area contributed by atoms with Crippen LogP contribution in [0.1, 0.15) is 16.7 Å². The zero-order chi connectivity index (χ0) is 20.1. The molecule has 0 amide bonds. The summed E-state index contributed by atoms with van der Waals surface area (Å²) in [5, 5.41) is 18.0. The minimum absolute atomic E-state index is 0.290. The Hall–Kier alpha value is -3.84. The highest BCUT2D eigenvalue weighted by Crippen LogP contribution is 2.34. The number of aliphatic carboxylic acids is 1. The number of rotatable bonds is 5. The molecule has 0 aromatic heterocycles. The molecule has 0 saturated carbocycles. The third kappa shape index (κ3) is 4.28. The molecule has 0 saturated heterocycles. The lowest BCUT2D eigenvalue weighted by atomic mass is 10.1. The van der Waals surface area contributed by atoms with E-state index in [1.165, 1.54) is 17.2 Å². The van der Waals surface area contributed by atoms with Crippen LogP contribution >= 0.6 is 0 Å². The average Bonchev–Trinajstić information content (AvgIpc) is 2.70. The first kappa shape index (κ1) is 18.9. The molecule has 0 aliphatic heterocycles. The predicted molar refractivity (Wildman–Crippen MR) is 112 cm³/mol. The topological polar surface area (TPSA) is 64.3 Å². The molecule has 4 nitrogen and oxygen atoms in total. The van der Waals surface area contributed by atoms with Crippen LogP contribution in [0.3, 0.4) is 0 Å². The van der Waals surface area contributed by atoms with Gasteiger partial charge in [0, 0.05) is 17.1 Å². The van der Waals surface area contributed by atoms with E-state index in [1.54, 1.807) is 6.07 Å². The summed E-state index contributed by atoms with van der Waals surface area (Å²) < 4.78 is 0. The summed E-state index contributed by atoms with van der Waals surface area (Å²) in [5.74, 6) is -1.23. The molecule has 0 atom stereocenters. The summed E-state index contributed by atoms with van der Waals surface area (Å²) in [7, 11) is 0. The highest BCUT2D eigenvalue weighted by atomic mass is 16.4. The molecule has 0 aliphatic carbocycles. The van der Waals surface area contributed by atoms with E-state index in [0.29, 0.717) is 5.56 Å². The minimum atomic E-state index is -1.23. The SMILES string of the molecule is Cc1ccc(N(c2ccc(C)cc2)c2ccc(/C=C(\C#N)C(=O)O)cc2)cc1. The lowest BCUT2D eigenvalue weighted by molar-refractivity contribution is -0.132. The molecule has 0 heterocycles. The maximum absolute atomic E-state index is 11.0. The molecule has 0 radical (unpaired) electrons. The zero-order valence-electron chi connectivity index (χ0n) is 15.8. The second-order valence-corrected chi connectivity index (χ2v) is 6.57. The number of carbonyl (C=O) groups is 1. The third-order valence-corrected chi connectivity index (χ3v) is 4.40. The lowest BCUT2D eigenvalue weighted by Gasteiger charge is -2.25. The number of aryl methyl sites for hydroxylation is 2. The van der Waals surface area contributed by atoms with E-state index in [1.807, 2.05) is 24.3 Å². The zero-order valence-corrected chi connectivity index (χ0v) is 15.8. The van der Waals surface area contributed by atoms with Crippen LogP contribution in [0.4, 0.5) is 17.1 Å². The largest absolute Gasteiger partial charge is 0.477 e. The summed E-state index contributed by atoms with van der Waals surface area (Å²) >= 11 is 0. The fourth-order valence-electron chi connectivity index (χ4n) is 2.86. The Balaban J connectivity index is 2.03. The van der Waals surface area contributed by atoms with Gasteiger partial charge in [-0.05, 0) is 61.9 Å². The van der Waals surface area contributed by atoms with Crippen LogP contribution in [0.25, 0.3) is 6.08 Å². The molecule has 0 spiro atoms. The number of hydrogen-bond donors (Lipinski definition) is 1. The van der Waals surface area contributed by atoms with Crippen molar-refractivity contribution in [3.8, 4) is 6.07 Å². The molecule has 28 heavy (non-hydrogen) atoms. The van der Waals surface area contributed by atoms with Gasteiger partial charge in [0.25, 0.3) is 0 Å². The van der Waals surface area contributed by atoms with Crippen LogP contribution in [0.2, 0.25) is 0 Å². The van der Waals surface area contributed by atoms with E-state index in [2.05, 4.69) is 67.3 Å². The van der Waals surface area contributed by atoms with Gasteiger partial charge in [-0.15, -0.1) is 0 Å². The van der Waals surface area contributed by atoms with Gasteiger partial charge in [0.2, 0.25) is 0 Å². The quantitative estimate of drug-likeness (QED) is 0.459. The first-order valence-corrected chi connectivity index (χ1v) is 8.86. The number of nitriles is 1. The van der Waals surface area contributed by atoms with Crippen molar-refractivity contribution in [2.24, 2.45) is 0 Å². The highest BCUT2D eigenvalue weighted by Gasteiger charge is 2.12. The van der Waals surface area contributed by atoms with Crippen LogP contribution in [-0.4, -0.2) is 11.1 Å². The van der Waals surface area contributed by atoms with Crippen molar-refractivity contribution in [3.05, 3.63) is 95.1 Å². The van der Waals surface area contributed by atoms with Crippen LogP contribution in [0.15, 0.2) is 78.4 Å². The molecular formula is C24H20N2O2. The monoisotopic (exact) mass is 368 g/mol. The maximum atomic E-state index is 11.0. The Morgan fingerprint density at radius 2 is 1.21 bits per heavy atom. The minimum Gasteiger partial charge on any atom is -0.477 e. The standard InChI is InChI=1S/C24H20N2O2/c1-17-3-9-21(10-4-17)26(22-11-5-18(2)6-12-22)23-13-7-19(8-14-23)15-20(16-25)24(27)28/h3-15H,1-2H3,(H,27,28)/b20-15+. The molecule has 0 unspecified atom stereocenters. The van der Waals surface area contributed by atoms with Crippen molar-refractivity contribution in [1.82, 2.24) is 0 Å².